The number of hydrogen-bond donors (Lipinski definition) is 1. The second kappa shape index (κ2) is 11.1. The summed E-state index contributed by atoms with van der Waals surface area (Å²) in [5, 5.41) is 22.3. The van der Waals surface area contributed by atoms with Crippen LogP contribution < -0.4 is 15.4 Å². The highest BCUT2D eigenvalue weighted by Crippen LogP contribution is 2.51. The van der Waals surface area contributed by atoms with Gasteiger partial charge >= 0.3 is 0 Å². The molecular weight excluding hydrogens is 540 g/mol. The van der Waals surface area contributed by atoms with Crippen LogP contribution in [0.4, 0.5) is 11.4 Å². The minimum Gasteiger partial charge on any atom is -0.489 e. The molecule has 220 valence electrons. The van der Waals surface area contributed by atoms with E-state index in [1.54, 1.807) is 11.0 Å². The number of Topliss-reactive ketones (excluding diaryl/α,β-unsaturated/α-hetero) is 1. The lowest BCUT2D eigenvalue weighted by Crippen LogP contribution is -2.42. The molecule has 8 nitrogen and oxygen atoms in total. The summed E-state index contributed by atoms with van der Waals surface area (Å²) in [4.78, 5) is 27.0. The maximum atomic E-state index is 14.0. The second-order valence-corrected chi connectivity index (χ2v) is 12.4. The lowest BCUT2D eigenvalue weighted by atomic mass is 9.68. The number of nitriles is 1. The summed E-state index contributed by atoms with van der Waals surface area (Å²) in [5.74, 6) is 0.210. The van der Waals surface area contributed by atoms with Crippen molar-refractivity contribution in [1.29, 1.82) is 5.26 Å². The van der Waals surface area contributed by atoms with Crippen molar-refractivity contribution in [2.45, 2.75) is 66.9 Å². The van der Waals surface area contributed by atoms with Gasteiger partial charge in [0.15, 0.2) is 5.78 Å². The molecule has 0 bridgehead atoms. The number of aryl methyl sites for hydroxylation is 4. The Hall–Kier alpha value is -4.90. The molecule has 1 heterocycles. The Bertz CT molecular complexity index is 1760. The van der Waals surface area contributed by atoms with Gasteiger partial charge in [0.25, 0.3) is 5.69 Å². The van der Waals surface area contributed by atoms with E-state index in [4.69, 9.17) is 10.5 Å². The van der Waals surface area contributed by atoms with E-state index in [0.717, 1.165) is 39.1 Å². The third-order valence-electron chi connectivity index (χ3n) is 8.48. The van der Waals surface area contributed by atoms with Gasteiger partial charge in [-0.2, -0.15) is 5.26 Å². The Morgan fingerprint density at radius 2 is 1.72 bits per heavy atom. The predicted molar refractivity (Wildman–Crippen MR) is 166 cm³/mol. The van der Waals surface area contributed by atoms with Crippen LogP contribution in [0.1, 0.15) is 66.0 Å². The van der Waals surface area contributed by atoms with Gasteiger partial charge in [0.2, 0.25) is 0 Å². The Labute approximate surface area is 252 Å². The summed E-state index contributed by atoms with van der Waals surface area (Å²) in [7, 11) is 0. The zero-order valence-corrected chi connectivity index (χ0v) is 25.4. The average molecular weight is 577 g/mol. The lowest BCUT2D eigenvalue weighted by molar-refractivity contribution is -0.384. The fraction of sp³-hybridized carbons (Fsp3) is 0.314. The third kappa shape index (κ3) is 5.51. The molecule has 3 aromatic rings. The van der Waals surface area contributed by atoms with Crippen LogP contribution in [0, 0.1) is 54.6 Å². The van der Waals surface area contributed by atoms with E-state index in [1.165, 1.54) is 12.1 Å². The number of hydrogen-bond acceptors (Lipinski definition) is 7. The fourth-order valence-corrected chi connectivity index (χ4v) is 6.23. The summed E-state index contributed by atoms with van der Waals surface area (Å²) >= 11 is 0. The van der Waals surface area contributed by atoms with Crippen LogP contribution in [0.15, 0.2) is 77.3 Å². The molecule has 2 aliphatic rings. The largest absolute Gasteiger partial charge is 0.489 e. The van der Waals surface area contributed by atoms with Crippen molar-refractivity contribution in [2.75, 3.05) is 4.90 Å². The third-order valence-corrected chi connectivity index (χ3v) is 8.48. The molecule has 1 atom stereocenters. The van der Waals surface area contributed by atoms with Gasteiger partial charge in [-0.15, -0.1) is 0 Å². The topological polar surface area (TPSA) is 122 Å². The van der Waals surface area contributed by atoms with Crippen LogP contribution >= 0.6 is 0 Å². The number of benzene rings is 3. The minimum atomic E-state index is -0.669. The molecule has 0 saturated carbocycles. The summed E-state index contributed by atoms with van der Waals surface area (Å²) in [6.07, 6.45) is 0.831. The second-order valence-electron chi connectivity index (χ2n) is 12.4. The summed E-state index contributed by atoms with van der Waals surface area (Å²) < 4.78 is 6.11. The van der Waals surface area contributed by atoms with E-state index in [9.17, 15) is 20.2 Å². The molecule has 0 fully saturated rings. The summed E-state index contributed by atoms with van der Waals surface area (Å²) in [6.45, 7) is 12.2. The molecule has 5 rings (SSSR count). The molecule has 3 aromatic carbocycles. The van der Waals surface area contributed by atoms with Crippen molar-refractivity contribution < 1.29 is 14.5 Å². The van der Waals surface area contributed by atoms with E-state index >= 15 is 0 Å². The van der Waals surface area contributed by atoms with Gasteiger partial charge in [-0.25, -0.2) is 0 Å². The average Bonchev–Trinajstić information content (AvgIpc) is 2.93. The van der Waals surface area contributed by atoms with Crippen LogP contribution in [0.2, 0.25) is 0 Å². The molecule has 2 N–H and O–H groups in total. The highest BCUT2D eigenvalue weighted by molar-refractivity contribution is 6.02. The standard InChI is InChI=1S/C35H36N4O4/c1-20-7-11-26(12-8-20)43-19-24-14-27(23(4)13-22(24)3)32-28(18-36)34(37)38(29-15-25(39(41)42)10-9-21(29)2)30-16-35(5,6)17-31(40)33(30)32/h7-15,32H,16-17,19,37H2,1-6H3. The number of allylic oxidation sites excluding steroid dienone is 3. The van der Waals surface area contributed by atoms with Crippen LogP contribution in [0.25, 0.3) is 0 Å². The van der Waals surface area contributed by atoms with Crippen molar-refractivity contribution >= 4 is 17.2 Å². The first-order valence-corrected chi connectivity index (χ1v) is 14.3. The number of nitrogens with zero attached hydrogens (tertiary/aromatic N) is 3. The number of nitro benzene ring substituents is 1. The van der Waals surface area contributed by atoms with Gasteiger partial charge in [0.1, 0.15) is 18.2 Å². The zero-order chi connectivity index (χ0) is 31.2. The Kier molecular flexibility index (Phi) is 7.61. The van der Waals surface area contributed by atoms with E-state index in [0.29, 0.717) is 36.4 Å². The lowest BCUT2D eigenvalue weighted by Gasteiger charge is -2.44. The highest BCUT2D eigenvalue weighted by atomic mass is 16.6. The SMILES string of the molecule is Cc1ccc(OCc2cc(C3C(C#N)=C(N)N(c4cc([N+](=O)[O-])ccc4C)C4=C3C(=O)CC(C)(C)C4)c(C)cc2C)cc1. The minimum absolute atomic E-state index is 0.0537. The molecule has 0 spiro atoms. The van der Waals surface area contributed by atoms with E-state index < -0.39 is 10.8 Å². The Morgan fingerprint density at radius 3 is 2.37 bits per heavy atom. The monoisotopic (exact) mass is 576 g/mol. The van der Waals surface area contributed by atoms with E-state index in [2.05, 4.69) is 12.1 Å². The number of carbonyl (C=O) groups is 1. The van der Waals surface area contributed by atoms with Gasteiger partial charge in [-0.3, -0.25) is 19.8 Å². The molecule has 1 aliphatic heterocycles. The molecule has 0 radical (unpaired) electrons. The molecule has 0 saturated heterocycles. The number of anilines is 1. The van der Waals surface area contributed by atoms with Gasteiger partial charge in [-0.1, -0.05) is 49.7 Å². The van der Waals surface area contributed by atoms with Gasteiger partial charge in [0.05, 0.1) is 28.2 Å². The quantitative estimate of drug-likeness (QED) is 0.240. The Balaban J connectivity index is 1.69. The van der Waals surface area contributed by atoms with Crippen molar-refractivity contribution in [3.63, 3.8) is 0 Å². The number of ketones is 1. The molecule has 1 aliphatic carbocycles. The van der Waals surface area contributed by atoms with E-state index in [-0.39, 0.29) is 28.3 Å². The molecule has 0 amide bonds. The van der Waals surface area contributed by atoms with Gasteiger partial charge in [-0.05, 0) is 79.5 Å². The molecule has 1 unspecified atom stereocenters. The van der Waals surface area contributed by atoms with Crippen LogP contribution in [-0.4, -0.2) is 10.7 Å². The Morgan fingerprint density at radius 1 is 1.02 bits per heavy atom. The number of nitro groups is 1. The van der Waals surface area contributed by atoms with Gasteiger partial charge < -0.3 is 10.5 Å². The first kappa shape index (κ1) is 29.6. The molecule has 0 aromatic heterocycles. The normalized spacial score (nSPS) is 17.9. The number of ether oxygens (including phenoxy) is 1. The van der Waals surface area contributed by atoms with Crippen molar-refractivity contribution in [3.05, 3.63) is 121 Å². The zero-order valence-electron chi connectivity index (χ0n) is 25.4. The van der Waals surface area contributed by atoms with Crippen LogP contribution in [0.5, 0.6) is 5.75 Å². The predicted octanol–water partition coefficient (Wildman–Crippen LogP) is 7.35. The van der Waals surface area contributed by atoms with Crippen molar-refractivity contribution in [1.82, 2.24) is 0 Å². The van der Waals surface area contributed by atoms with Crippen LogP contribution in [-0.2, 0) is 11.4 Å². The first-order chi connectivity index (χ1) is 20.3. The van der Waals surface area contributed by atoms with Crippen LogP contribution in [0.3, 0.4) is 0 Å². The molecule has 43 heavy (non-hydrogen) atoms. The number of carbonyl (C=O) groups excluding carboxylic acids is 1. The maximum Gasteiger partial charge on any atom is 0.271 e. The van der Waals surface area contributed by atoms with E-state index in [1.807, 2.05) is 71.9 Å². The maximum absolute atomic E-state index is 14.0. The molecule has 8 heteroatoms. The number of nitrogens with two attached hydrogens (primary N) is 1. The smallest absolute Gasteiger partial charge is 0.271 e. The fourth-order valence-electron chi connectivity index (χ4n) is 6.23. The number of non-ortho nitro benzene ring substituents is 1. The summed E-state index contributed by atoms with van der Waals surface area (Å²) in [6, 6.07) is 18.8. The van der Waals surface area contributed by atoms with Gasteiger partial charge in [0, 0.05) is 29.8 Å². The number of rotatable bonds is 6. The first-order valence-electron chi connectivity index (χ1n) is 14.3. The summed E-state index contributed by atoms with van der Waals surface area (Å²) in [5.41, 5.74) is 14.0. The van der Waals surface area contributed by atoms with Crippen molar-refractivity contribution in [2.24, 2.45) is 11.1 Å². The molecular formula is C35H36N4O4. The van der Waals surface area contributed by atoms with Crippen molar-refractivity contribution in [3.8, 4) is 11.8 Å². The highest BCUT2D eigenvalue weighted by Gasteiger charge is 2.45.